The van der Waals surface area contributed by atoms with Crippen molar-refractivity contribution >= 4 is 17.9 Å². The first-order valence-corrected chi connectivity index (χ1v) is 4.76. The molecule has 90 valence electrons. The molecule has 0 saturated carbocycles. The zero-order chi connectivity index (χ0) is 12.3. The summed E-state index contributed by atoms with van der Waals surface area (Å²) in [4.78, 5) is 33.4. The standard InChI is InChI=1S/C9H14N2O5/c1-5(6(12)13)3-9(4-16-2)7(14)10-8(15)11-9/h5H,3-4H2,1-2H3,(H,12,13)(H2,10,11,14,15)/t5-,9-/m0/s1. The number of amides is 3. The lowest BCUT2D eigenvalue weighted by Crippen LogP contribution is -2.52. The molecule has 1 aliphatic heterocycles. The van der Waals surface area contributed by atoms with E-state index in [1.54, 1.807) is 0 Å². The summed E-state index contributed by atoms with van der Waals surface area (Å²) in [7, 11) is 1.38. The first-order chi connectivity index (χ1) is 7.41. The Bertz CT molecular complexity index is 330. The van der Waals surface area contributed by atoms with Crippen molar-refractivity contribution in [1.29, 1.82) is 0 Å². The largest absolute Gasteiger partial charge is 0.481 e. The molecule has 1 aliphatic rings. The number of hydrogen-bond acceptors (Lipinski definition) is 4. The van der Waals surface area contributed by atoms with Crippen molar-refractivity contribution in [3.63, 3.8) is 0 Å². The van der Waals surface area contributed by atoms with E-state index in [0.717, 1.165) is 0 Å². The van der Waals surface area contributed by atoms with Crippen LogP contribution in [-0.4, -0.2) is 42.3 Å². The molecule has 0 aliphatic carbocycles. The highest BCUT2D eigenvalue weighted by molar-refractivity contribution is 6.07. The monoisotopic (exact) mass is 230 g/mol. The summed E-state index contributed by atoms with van der Waals surface area (Å²) in [5.41, 5.74) is -1.27. The summed E-state index contributed by atoms with van der Waals surface area (Å²) in [6.07, 6.45) is -0.00620. The Morgan fingerprint density at radius 1 is 1.56 bits per heavy atom. The first kappa shape index (κ1) is 12.4. The van der Waals surface area contributed by atoms with Crippen LogP contribution in [0, 0.1) is 5.92 Å². The van der Waals surface area contributed by atoms with E-state index < -0.39 is 29.4 Å². The molecule has 7 heteroatoms. The third-order valence-corrected chi connectivity index (χ3v) is 2.48. The van der Waals surface area contributed by atoms with Crippen molar-refractivity contribution < 1.29 is 24.2 Å². The molecule has 0 bridgehead atoms. The summed E-state index contributed by atoms with van der Waals surface area (Å²) >= 11 is 0. The van der Waals surface area contributed by atoms with Crippen molar-refractivity contribution in [2.24, 2.45) is 5.92 Å². The Morgan fingerprint density at radius 2 is 2.19 bits per heavy atom. The third-order valence-electron chi connectivity index (χ3n) is 2.48. The van der Waals surface area contributed by atoms with E-state index in [4.69, 9.17) is 9.84 Å². The molecule has 0 radical (unpaired) electrons. The van der Waals surface area contributed by atoms with Crippen LogP contribution < -0.4 is 10.6 Å². The van der Waals surface area contributed by atoms with Gasteiger partial charge in [0.25, 0.3) is 5.91 Å². The van der Waals surface area contributed by atoms with Crippen LogP contribution in [0.4, 0.5) is 4.79 Å². The number of carboxylic acid groups (broad SMARTS) is 1. The van der Waals surface area contributed by atoms with Crippen LogP contribution in [0.2, 0.25) is 0 Å². The van der Waals surface area contributed by atoms with Crippen molar-refractivity contribution in [2.75, 3.05) is 13.7 Å². The van der Waals surface area contributed by atoms with E-state index in [1.165, 1.54) is 14.0 Å². The number of urea groups is 1. The molecule has 1 fully saturated rings. The fourth-order valence-corrected chi connectivity index (χ4v) is 1.69. The van der Waals surface area contributed by atoms with Gasteiger partial charge in [0, 0.05) is 7.11 Å². The molecule has 16 heavy (non-hydrogen) atoms. The average molecular weight is 230 g/mol. The summed E-state index contributed by atoms with van der Waals surface area (Å²) in [6, 6.07) is -0.625. The predicted octanol–water partition coefficient (Wildman–Crippen LogP) is -0.678. The van der Waals surface area contributed by atoms with Crippen molar-refractivity contribution in [1.82, 2.24) is 10.6 Å². The molecule has 0 aromatic heterocycles. The van der Waals surface area contributed by atoms with Crippen LogP contribution in [0.5, 0.6) is 0 Å². The number of carboxylic acids is 1. The number of carbonyl (C=O) groups is 3. The molecule has 1 heterocycles. The maximum Gasteiger partial charge on any atom is 0.322 e. The number of hydrogen-bond donors (Lipinski definition) is 3. The van der Waals surface area contributed by atoms with E-state index >= 15 is 0 Å². The van der Waals surface area contributed by atoms with E-state index in [1.807, 2.05) is 0 Å². The Kier molecular flexibility index (Phi) is 3.48. The number of imide groups is 1. The van der Waals surface area contributed by atoms with Gasteiger partial charge in [0.05, 0.1) is 12.5 Å². The zero-order valence-corrected chi connectivity index (χ0v) is 9.07. The first-order valence-electron chi connectivity index (χ1n) is 4.76. The van der Waals surface area contributed by atoms with Crippen LogP contribution in [-0.2, 0) is 14.3 Å². The second kappa shape index (κ2) is 4.48. The van der Waals surface area contributed by atoms with Gasteiger partial charge in [-0.3, -0.25) is 14.9 Å². The molecule has 1 rings (SSSR count). The molecule has 2 atom stereocenters. The minimum Gasteiger partial charge on any atom is -0.481 e. The van der Waals surface area contributed by atoms with Gasteiger partial charge in [-0.2, -0.15) is 0 Å². The van der Waals surface area contributed by atoms with Gasteiger partial charge in [-0.25, -0.2) is 4.79 Å². The number of ether oxygens (including phenoxy) is 1. The van der Waals surface area contributed by atoms with Crippen molar-refractivity contribution in [3.05, 3.63) is 0 Å². The predicted molar refractivity (Wildman–Crippen MR) is 52.7 cm³/mol. The second-order valence-corrected chi connectivity index (χ2v) is 3.87. The number of methoxy groups -OCH3 is 1. The average Bonchev–Trinajstić information content (AvgIpc) is 2.42. The van der Waals surface area contributed by atoms with E-state index in [2.05, 4.69) is 10.6 Å². The molecule has 1 saturated heterocycles. The van der Waals surface area contributed by atoms with Crippen LogP contribution in [0.15, 0.2) is 0 Å². The van der Waals surface area contributed by atoms with Crippen molar-refractivity contribution in [3.8, 4) is 0 Å². The molecule has 0 unspecified atom stereocenters. The molecule has 7 nitrogen and oxygen atoms in total. The van der Waals surface area contributed by atoms with Gasteiger partial charge in [-0.15, -0.1) is 0 Å². The molecule has 0 aromatic rings. The van der Waals surface area contributed by atoms with Gasteiger partial charge in [0.15, 0.2) is 0 Å². The number of rotatable bonds is 5. The normalized spacial score (nSPS) is 26.1. The van der Waals surface area contributed by atoms with Gasteiger partial charge in [0.2, 0.25) is 0 Å². The maximum atomic E-state index is 11.6. The van der Waals surface area contributed by atoms with Crippen LogP contribution in [0.1, 0.15) is 13.3 Å². The summed E-state index contributed by atoms with van der Waals surface area (Å²) < 4.78 is 4.86. The van der Waals surface area contributed by atoms with Gasteiger partial charge in [-0.05, 0) is 6.42 Å². The van der Waals surface area contributed by atoms with Crippen LogP contribution in [0.25, 0.3) is 0 Å². The van der Waals surface area contributed by atoms with Gasteiger partial charge >= 0.3 is 12.0 Å². The summed E-state index contributed by atoms with van der Waals surface area (Å²) in [5, 5.41) is 13.3. The SMILES string of the molecule is COC[C@]1(C[C@H](C)C(=O)O)NC(=O)NC1=O. The molecule has 3 N–H and O–H groups in total. The highest BCUT2D eigenvalue weighted by Gasteiger charge is 2.47. The number of nitrogens with one attached hydrogen (secondary N) is 2. The van der Waals surface area contributed by atoms with Gasteiger partial charge in [0.1, 0.15) is 5.54 Å². The third kappa shape index (κ3) is 2.30. The Morgan fingerprint density at radius 3 is 2.56 bits per heavy atom. The fourth-order valence-electron chi connectivity index (χ4n) is 1.69. The Hall–Kier alpha value is -1.63. The molecule has 0 spiro atoms. The minimum absolute atomic E-state index is 0.00620. The quantitative estimate of drug-likeness (QED) is 0.543. The number of aliphatic carboxylic acids is 1. The molecule has 0 aromatic carbocycles. The lowest BCUT2D eigenvalue weighted by atomic mass is 9.89. The minimum atomic E-state index is -1.27. The van der Waals surface area contributed by atoms with E-state index in [-0.39, 0.29) is 13.0 Å². The lowest BCUT2D eigenvalue weighted by molar-refractivity contribution is -0.142. The second-order valence-electron chi connectivity index (χ2n) is 3.87. The zero-order valence-electron chi connectivity index (χ0n) is 9.07. The Labute approximate surface area is 92.1 Å². The highest BCUT2D eigenvalue weighted by atomic mass is 16.5. The highest BCUT2D eigenvalue weighted by Crippen LogP contribution is 2.21. The molecular weight excluding hydrogens is 216 g/mol. The maximum absolute atomic E-state index is 11.6. The van der Waals surface area contributed by atoms with E-state index in [9.17, 15) is 14.4 Å². The van der Waals surface area contributed by atoms with E-state index in [0.29, 0.717) is 0 Å². The van der Waals surface area contributed by atoms with Crippen LogP contribution >= 0.6 is 0 Å². The molecular formula is C9H14N2O5. The topological polar surface area (TPSA) is 105 Å². The fraction of sp³-hybridized carbons (Fsp3) is 0.667. The van der Waals surface area contributed by atoms with Crippen LogP contribution in [0.3, 0.4) is 0 Å². The summed E-state index contributed by atoms with van der Waals surface area (Å²) in [5.74, 6) is -2.32. The molecule has 3 amide bonds. The van der Waals surface area contributed by atoms with Crippen molar-refractivity contribution in [2.45, 2.75) is 18.9 Å². The summed E-state index contributed by atoms with van der Waals surface area (Å²) in [6.45, 7) is 1.42. The Balaban J connectivity index is 2.85. The lowest BCUT2D eigenvalue weighted by Gasteiger charge is -2.26. The van der Waals surface area contributed by atoms with Gasteiger partial charge in [-0.1, -0.05) is 6.92 Å². The van der Waals surface area contributed by atoms with Gasteiger partial charge < -0.3 is 15.2 Å². The number of carbonyl (C=O) groups excluding carboxylic acids is 2. The smallest absolute Gasteiger partial charge is 0.322 e.